The Labute approximate surface area is 128 Å². The molecule has 0 aromatic heterocycles. The van der Waals surface area contributed by atoms with Crippen molar-refractivity contribution in [2.45, 2.75) is 36.7 Å². The highest BCUT2D eigenvalue weighted by atomic mass is 35.5. The SMILES string of the molecule is Nc1cc(Cl)c(F)c(S(=O)(=O)NCC2CCCC(O)C2)c1. The van der Waals surface area contributed by atoms with Crippen molar-refractivity contribution in [3.8, 4) is 0 Å². The average Bonchev–Trinajstić information content (AvgIpc) is 2.41. The van der Waals surface area contributed by atoms with Gasteiger partial charge in [-0.1, -0.05) is 18.0 Å². The van der Waals surface area contributed by atoms with Gasteiger partial charge in [0.1, 0.15) is 4.90 Å². The molecule has 0 bridgehead atoms. The van der Waals surface area contributed by atoms with Crippen LogP contribution in [0.3, 0.4) is 0 Å². The molecule has 1 aromatic carbocycles. The zero-order valence-corrected chi connectivity index (χ0v) is 12.9. The molecule has 118 valence electrons. The summed E-state index contributed by atoms with van der Waals surface area (Å²) in [5.74, 6) is -0.967. The minimum absolute atomic E-state index is 0.0446. The summed E-state index contributed by atoms with van der Waals surface area (Å²) in [6.45, 7) is 0.158. The van der Waals surface area contributed by atoms with Crippen molar-refractivity contribution in [1.82, 2.24) is 4.72 Å². The molecule has 0 heterocycles. The van der Waals surface area contributed by atoms with Crippen molar-refractivity contribution >= 4 is 27.3 Å². The molecular formula is C13H18ClFN2O3S. The summed E-state index contributed by atoms with van der Waals surface area (Å²) < 4.78 is 40.5. The lowest BCUT2D eigenvalue weighted by Gasteiger charge is -2.25. The van der Waals surface area contributed by atoms with Gasteiger partial charge in [-0.25, -0.2) is 17.5 Å². The monoisotopic (exact) mass is 336 g/mol. The fraction of sp³-hybridized carbons (Fsp3) is 0.538. The lowest BCUT2D eigenvalue weighted by molar-refractivity contribution is 0.102. The number of nitrogen functional groups attached to an aromatic ring is 1. The number of anilines is 1. The Morgan fingerprint density at radius 3 is 2.81 bits per heavy atom. The number of benzene rings is 1. The van der Waals surface area contributed by atoms with E-state index in [-0.39, 0.29) is 23.2 Å². The summed E-state index contributed by atoms with van der Waals surface area (Å²) in [5, 5.41) is 9.24. The first-order chi connectivity index (χ1) is 9.79. The van der Waals surface area contributed by atoms with E-state index in [1.807, 2.05) is 0 Å². The van der Waals surface area contributed by atoms with Crippen molar-refractivity contribution in [1.29, 1.82) is 0 Å². The van der Waals surface area contributed by atoms with Crippen LogP contribution in [0, 0.1) is 11.7 Å². The van der Waals surface area contributed by atoms with Crippen LogP contribution >= 0.6 is 11.6 Å². The standard InChI is InChI=1S/C13H18ClFN2O3S/c14-11-5-9(16)6-12(13(11)15)21(19,20)17-7-8-2-1-3-10(18)4-8/h5-6,8,10,17-18H,1-4,7,16H2. The van der Waals surface area contributed by atoms with Crippen molar-refractivity contribution in [3.05, 3.63) is 23.0 Å². The van der Waals surface area contributed by atoms with Gasteiger partial charge in [-0.2, -0.15) is 0 Å². The Morgan fingerprint density at radius 2 is 2.14 bits per heavy atom. The molecule has 1 saturated carbocycles. The maximum atomic E-state index is 13.9. The zero-order valence-electron chi connectivity index (χ0n) is 11.4. The van der Waals surface area contributed by atoms with Crippen LogP contribution in [-0.2, 0) is 10.0 Å². The number of nitrogens with one attached hydrogen (secondary N) is 1. The Morgan fingerprint density at radius 1 is 1.43 bits per heavy atom. The van der Waals surface area contributed by atoms with E-state index in [1.165, 1.54) is 0 Å². The first-order valence-corrected chi connectivity index (χ1v) is 8.58. The topological polar surface area (TPSA) is 92.4 Å². The Kier molecular flexibility index (Phi) is 5.08. The molecule has 21 heavy (non-hydrogen) atoms. The highest BCUT2D eigenvalue weighted by molar-refractivity contribution is 7.89. The van der Waals surface area contributed by atoms with Crippen molar-refractivity contribution < 1.29 is 17.9 Å². The van der Waals surface area contributed by atoms with E-state index in [1.54, 1.807) is 0 Å². The Bertz CT molecular complexity index is 624. The quantitative estimate of drug-likeness (QED) is 0.732. The number of halogens is 2. The second kappa shape index (κ2) is 6.48. The third-order valence-electron chi connectivity index (χ3n) is 3.62. The second-order valence-corrected chi connectivity index (χ2v) is 7.50. The third-order valence-corrected chi connectivity index (χ3v) is 5.32. The molecule has 0 spiro atoms. The third kappa shape index (κ3) is 4.06. The number of aliphatic hydroxyl groups excluding tert-OH is 1. The second-order valence-electron chi connectivity index (χ2n) is 5.35. The maximum Gasteiger partial charge on any atom is 0.243 e. The van der Waals surface area contributed by atoms with E-state index < -0.39 is 26.8 Å². The van der Waals surface area contributed by atoms with E-state index >= 15 is 0 Å². The summed E-state index contributed by atoms with van der Waals surface area (Å²) in [6.07, 6.45) is 2.57. The molecule has 2 rings (SSSR count). The number of hydrogen-bond acceptors (Lipinski definition) is 4. The number of nitrogens with two attached hydrogens (primary N) is 1. The largest absolute Gasteiger partial charge is 0.399 e. The van der Waals surface area contributed by atoms with Gasteiger partial charge in [0.25, 0.3) is 0 Å². The molecular weight excluding hydrogens is 319 g/mol. The maximum absolute atomic E-state index is 13.9. The van der Waals surface area contributed by atoms with Gasteiger partial charge in [-0.15, -0.1) is 0 Å². The van der Waals surface area contributed by atoms with Crippen molar-refractivity contribution in [2.24, 2.45) is 5.92 Å². The van der Waals surface area contributed by atoms with Gasteiger partial charge in [0.15, 0.2) is 5.82 Å². The summed E-state index contributed by atoms with van der Waals surface area (Å²) >= 11 is 5.61. The van der Waals surface area contributed by atoms with Gasteiger partial charge < -0.3 is 10.8 Å². The van der Waals surface area contributed by atoms with Gasteiger partial charge >= 0.3 is 0 Å². The molecule has 2 atom stereocenters. The van der Waals surface area contributed by atoms with Crippen LogP contribution in [0.25, 0.3) is 0 Å². The fourth-order valence-electron chi connectivity index (χ4n) is 2.53. The summed E-state index contributed by atoms with van der Waals surface area (Å²) in [4.78, 5) is -0.552. The normalized spacial score (nSPS) is 23.2. The van der Waals surface area contributed by atoms with E-state index in [0.717, 1.165) is 31.4 Å². The van der Waals surface area contributed by atoms with Crippen LogP contribution in [0.1, 0.15) is 25.7 Å². The summed E-state index contributed by atoms with van der Waals surface area (Å²) in [6, 6.07) is 2.20. The summed E-state index contributed by atoms with van der Waals surface area (Å²) in [7, 11) is -4.02. The van der Waals surface area contributed by atoms with Crippen LogP contribution in [0.5, 0.6) is 0 Å². The molecule has 8 heteroatoms. The number of rotatable bonds is 4. The van der Waals surface area contributed by atoms with Gasteiger partial charge in [-0.05, 0) is 37.3 Å². The predicted octanol–water partition coefficient (Wildman–Crippen LogP) is 1.89. The predicted molar refractivity (Wildman–Crippen MR) is 79.0 cm³/mol. The molecule has 1 aromatic rings. The highest BCUT2D eigenvalue weighted by Gasteiger charge is 2.25. The minimum atomic E-state index is -4.02. The first-order valence-electron chi connectivity index (χ1n) is 6.72. The van der Waals surface area contributed by atoms with E-state index in [9.17, 15) is 17.9 Å². The number of sulfonamides is 1. The van der Waals surface area contributed by atoms with Crippen molar-refractivity contribution in [3.63, 3.8) is 0 Å². The minimum Gasteiger partial charge on any atom is -0.399 e. The van der Waals surface area contributed by atoms with E-state index in [0.29, 0.717) is 6.42 Å². The smallest absolute Gasteiger partial charge is 0.243 e. The molecule has 4 N–H and O–H groups in total. The van der Waals surface area contributed by atoms with Crippen LogP contribution in [0.15, 0.2) is 17.0 Å². The molecule has 5 nitrogen and oxygen atoms in total. The zero-order chi connectivity index (χ0) is 15.6. The number of hydrogen-bond donors (Lipinski definition) is 3. The molecule has 1 aliphatic rings. The van der Waals surface area contributed by atoms with Gasteiger partial charge in [0.2, 0.25) is 10.0 Å². The van der Waals surface area contributed by atoms with Gasteiger partial charge in [0.05, 0.1) is 11.1 Å². The lowest BCUT2D eigenvalue weighted by atomic mass is 9.87. The van der Waals surface area contributed by atoms with Gasteiger partial charge in [0, 0.05) is 12.2 Å². The molecule has 2 unspecified atom stereocenters. The lowest BCUT2D eigenvalue weighted by Crippen LogP contribution is -2.33. The molecule has 0 amide bonds. The average molecular weight is 337 g/mol. The Balaban J connectivity index is 2.12. The Hall–Kier alpha value is -0.890. The summed E-state index contributed by atoms with van der Waals surface area (Å²) in [5.41, 5.74) is 5.58. The highest BCUT2D eigenvalue weighted by Crippen LogP contribution is 2.27. The van der Waals surface area contributed by atoms with Crippen LogP contribution in [-0.4, -0.2) is 26.2 Å². The molecule has 1 aliphatic carbocycles. The van der Waals surface area contributed by atoms with Crippen LogP contribution in [0.2, 0.25) is 5.02 Å². The molecule has 0 saturated heterocycles. The van der Waals surface area contributed by atoms with E-state index in [4.69, 9.17) is 17.3 Å². The number of aliphatic hydroxyl groups is 1. The van der Waals surface area contributed by atoms with E-state index in [2.05, 4.69) is 4.72 Å². The van der Waals surface area contributed by atoms with Gasteiger partial charge in [-0.3, -0.25) is 0 Å². The first kappa shape index (κ1) is 16.5. The molecule has 1 fully saturated rings. The fourth-order valence-corrected chi connectivity index (χ4v) is 4.06. The van der Waals surface area contributed by atoms with Crippen LogP contribution < -0.4 is 10.5 Å². The van der Waals surface area contributed by atoms with Crippen LogP contribution in [0.4, 0.5) is 10.1 Å². The molecule has 0 radical (unpaired) electrons. The van der Waals surface area contributed by atoms with Crippen molar-refractivity contribution in [2.75, 3.05) is 12.3 Å². The molecule has 0 aliphatic heterocycles.